The molecule has 112 valence electrons. The first-order chi connectivity index (χ1) is 9.90. The molecular weight excluding hydrogens is 283 g/mol. The molecular formula is C14H14F3N3O. The number of nitrogens with zero attached hydrogens (tertiary/aromatic N) is 2. The summed E-state index contributed by atoms with van der Waals surface area (Å²) in [5.74, 6) is -0.0277. The van der Waals surface area contributed by atoms with E-state index in [4.69, 9.17) is 5.26 Å². The molecule has 2 rings (SSSR count). The lowest BCUT2D eigenvalue weighted by Crippen LogP contribution is -2.40. The van der Waals surface area contributed by atoms with Gasteiger partial charge in [-0.2, -0.15) is 18.4 Å². The van der Waals surface area contributed by atoms with Crippen LogP contribution in [0.4, 0.5) is 23.7 Å². The molecule has 1 N–H and O–H groups in total. The quantitative estimate of drug-likeness (QED) is 0.863. The standard InChI is InChI=1S/C14H14F3N3O/c15-14(16,17)11-1-3-12(4-2-11)19-13(21)20-7-5-10(9-18)6-8-20/h1-4,10H,5-8H2,(H,19,21). The molecule has 1 saturated heterocycles. The normalized spacial score (nSPS) is 16.4. The van der Waals surface area contributed by atoms with E-state index in [-0.39, 0.29) is 11.9 Å². The molecule has 1 aromatic carbocycles. The van der Waals surface area contributed by atoms with E-state index in [0.717, 1.165) is 12.1 Å². The molecule has 1 heterocycles. The van der Waals surface area contributed by atoms with Gasteiger partial charge in [0.25, 0.3) is 0 Å². The highest BCUT2D eigenvalue weighted by Crippen LogP contribution is 2.29. The number of likely N-dealkylation sites (tertiary alicyclic amines) is 1. The van der Waals surface area contributed by atoms with E-state index in [1.807, 2.05) is 0 Å². The van der Waals surface area contributed by atoms with Crippen molar-refractivity contribution < 1.29 is 18.0 Å². The van der Waals surface area contributed by atoms with Gasteiger partial charge in [-0.3, -0.25) is 0 Å². The summed E-state index contributed by atoms with van der Waals surface area (Å²) in [5.41, 5.74) is -0.439. The van der Waals surface area contributed by atoms with Gasteiger partial charge in [0.2, 0.25) is 0 Å². The number of alkyl halides is 3. The fourth-order valence-electron chi connectivity index (χ4n) is 2.16. The molecule has 0 spiro atoms. The monoisotopic (exact) mass is 297 g/mol. The molecule has 1 aliphatic heterocycles. The van der Waals surface area contributed by atoms with Crippen molar-refractivity contribution in [1.29, 1.82) is 5.26 Å². The van der Waals surface area contributed by atoms with Crippen molar-refractivity contribution in [2.45, 2.75) is 19.0 Å². The number of carbonyl (C=O) groups is 1. The van der Waals surface area contributed by atoms with Gasteiger partial charge in [0.1, 0.15) is 0 Å². The zero-order chi connectivity index (χ0) is 15.5. The highest BCUT2D eigenvalue weighted by Gasteiger charge is 2.30. The van der Waals surface area contributed by atoms with Gasteiger partial charge >= 0.3 is 12.2 Å². The predicted octanol–water partition coefficient (Wildman–Crippen LogP) is 3.47. The molecule has 1 fully saturated rings. The van der Waals surface area contributed by atoms with Crippen molar-refractivity contribution in [3.63, 3.8) is 0 Å². The number of hydrogen-bond donors (Lipinski definition) is 1. The largest absolute Gasteiger partial charge is 0.416 e. The first-order valence-electron chi connectivity index (χ1n) is 6.53. The Morgan fingerprint density at radius 2 is 1.81 bits per heavy atom. The SMILES string of the molecule is N#CC1CCN(C(=O)Nc2ccc(C(F)(F)F)cc2)CC1. The smallest absolute Gasteiger partial charge is 0.324 e. The first-order valence-corrected chi connectivity index (χ1v) is 6.53. The Kier molecular flexibility index (Phi) is 4.36. The van der Waals surface area contributed by atoms with Crippen LogP contribution >= 0.6 is 0 Å². The first kappa shape index (κ1) is 15.2. The van der Waals surface area contributed by atoms with Gasteiger partial charge in [-0.05, 0) is 37.1 Å². The Morgan fingerprint density at radius 1 is 1.24 bits per heavy atom. The van der Waals surface area contributed by atoms with Gasteiger partial charge in [-0.1, -0.05) is 0 Å². The number of nitriles is 1. The summed E-state index contributed by atoms with van der Waals surface area (Å²) >= 11 is 0. The molecule has 4 nitrogen and oxygen atoms in total. The fourth-order valence-corrected chi connectivity index (χ4v) is 2.16. The zero-order valence-corrected chi connectivity index (χ0v) is 11.2. The van der Waals surface area contributed by atoms with Gasteiger partial charge in [-0.25, -0.2) is 4.79 Å². The molecule has 1 aliphatic rings. The summed E-state index contributed by atoms with van der Waals surface area (Å²) in [4.78, 5) is 13.5. The maximum absolute atomic E-state index is 12.4. The second-order valence-corrected chi connectivity index (χ2v) is 4.90. The second kappa shape index (κ2) is 6.04. The Labute approximate surface area is 120 Å². The summed E-state index contributed by atoms with van der Waals surface area (Å²) in [6.45, 7) is 0.954. The van der Waals surface area contributed by atoms with Crippen LogP contribution in [0.3, 0.4) is 0 Å². The van der Waals surface area contributed by atoms with Crippen molar-refractivity contribution in [1.82, 2.24) is 4.90 Å². The molecule has 0 aromatic heterocycles. The topological polar surface area (TPSA) is 56.1 Å². The minimum absolute atomic E-state index is 0.0277. The van der Waals surface area contributed by atoms with Gasteiger partial charge in [0.15, 0.2) is 0 Å². The van der Waals surface area contributed by atoms with Gasteiger partial charge in [-0.15, -0.1) is 0 Å². The van der Waals surface area contributed by atoms with Crippen LogP contribution in [0.25, 0.3) is 0 Å². The van der Waals surface area contributed by atoms with E-state index in [0.29, 0.717) is 31.6 Å². The Bertz CT molecular complexity index is 540. The Balaban J connectivity index is 1.93. The molecule has 2 amide bonds. The van der Waals surface area contributed by atoms with Crippen molar-refractivity contribution >= 4 is 11.7 Å². The average Bonchev–Trinajstić information content (AvgIpc) is 2.47. The van der Waals surface area contributed by atoms with E-state index < -0.39 is 11.7 Å². The van der Waals surface area contributed by atoms with Crippen molar-refractivity contribution in [2.75, 3.05) is 18.4 Å². The Morgan fingerprint density at radius 3 is 2.29 bits per heavy atom. The Hall–Kier alpha value is -2.23. The van der Waals surface area contributed by atoms with Crippen LogP contribution in [-0.2, 0) is 6.18 Å². The van der Waals surface area contributed by atoms with Crippen LogP contribution in [0.15, 0.2) is 24.3 Å². The van der Waals surface area contributed by atoms with E-state index in [1.165, 1.54) is 12.1 Å². The number of anilines is 1. The maximum atomic E-state index is 12.4. The summed E-state index contributed by atoms with van der Waals surface area (Å²) in [6.07, 6.45) is -3.14. The second-order valence-electron chi connectivity index (χ2n) is 4.90. The number of amides is 2. The molecule has 0 bridgehead atoms. The third-order valence-electron chi connectivity index (χ3n) is 3.43. The number of urea groups is 1. The van der Waals surface area contributed by atoms with Gasteiger partial charge in [0, 0.05) is 24.7 Å². The molecule has 7 heteroatoms. The predicted molar refractivity (Wildman–Crippen MR) is 70.4 cm³/mol. The maximum Gasteiger partial charge on any atom is 0.416 e. The van der Waals surface area contributed by atoms with Crippen LogP contribution in [0, 0.1) is 17.2 Å². The number of carbonyl (C=O) groups excluding carboxylic acids is 1. The minimum atomic E-state index is -4.39. The van der Waals surface area contributed by atoms with Crippen molar-refractivity contribution in [3.05, 3.63) is 29.8 Å². The minimum Gasteiger partial charge on any atom is -0.324 e. The van der Waals surface area contributed by atoms with E-state index in [2.05, 4.69) is 11.4 Å². The summed E-state index contributed by atoms with van der Waals surface area (Å²) in [6, 6.07) is 6.12. The molecule has 0 radical (unpaired) electrons. The molecule has 0 aliphatic carbocycles. The average molecular weight is 297 g/mol. The molecule has 0 saturated carbocycles. The van der Waals surface area contributed by atoms with E-state index >= 15 is 0 Å². The van der Waals surface area contributed by atoms with E-state index in [1.54, 1.807) is 4.90 Å². The van der Waals surface area contributed by atoms with Crippen LogP contribution in [0.2, 0.25) is 0 Å². The van der Waals surface area contributed by atoms with Crippen molar-refractivity contribution in [3.8, 4) is 6.07 Å². The highest BCUT2D eigenvalue weighted by atomic mass is 19.4. The summed E-state index contributed by atoms with van der Waals surface area (Å²) in [7, 11) is 0. The number of benzene rings is 1. The van der Waals surface area contributed by atoms with Crippen molar-refractivity contribution in [2.24, 2.45) is 5.92 Å². The molecule has 0 unspecified atom stereocenters. The number of nitrogens with one attached hydrogen (secondary N) is 1. The molecule has 1 aromatic rings. The third-order valence-corrected chi connectivity index (χ3v) is 3.43. The lowest BCUT2D eigenvalue weighted by Gasteiger charge is -2.29. The number of halogens is 3. The zero-order valence-electron chi connectivity index (χ0n) is 11.2. The van der Waals surface area contributed by atoms with Crippen LogP contribution < -0.4 is 5.32 Å². The third kappa shape index (κ3) is 3.88. The summed E-state index contributed by atoms with van der Waals surface area (Å²) < 4.78 is 37.3. The van der Waals surface area contributed by atoms with Gasteiger partial charge < -0.3 is 10.2 Å². The lowest BCUT2D eigenvalue weighted by atomic mass is 9.99. The summed E-state index contributed by atoms with van der Waals surface area (Å²) in [5, 5.41) is 11.3. The highest BCUT2D eigenvalue weighted by molar-refractivity contribution is 5.89. The van der Waals surface area contributed by atoms with Crippen LogP contribution in [0.5, 0.6) is 0 Å². The number of piperidine rings is 1. The molecule has 0 atom stereocenters. The number of hydrogen-bond acceptors (Lipinski definition) is 2. The lowest BCUT2D eigenvalue weighted by molar-refractivity contribution is -0.137. The van der Waals surface area contributed by atoms with Crippen LogP contribution in [0.1, 0.15) is 18.4 Å². The fraction of sp³-hybridized carbons (Fsp3) is 0.429. The molecule has 21 heavy (non-hydrogen) atoms. The van der Waals surface area contributed by atoms with Gasteiger partial charge in [0.05, 0.1) is 11.6 Å². The van der Waals surface area contributed by atoms with E-state index in [9.17, 15) is 18.0 Å². The number of rotatable bonds is 1. The van der Waals surface area contributed by atoms with Crippen LogP contribution in [-0.4, -0.2) is 24.0 Å².